The van der Waals surface area contributed by atoms with Crippen LogP contribution in [-0.2, 0) is 13.0 Å². The highest BCUT2D eigenvalue weighted by molar-refractivity contribution is 5.45. The average Bonchev–Trinajstić information content (AvgIpc) is 3.01. The molecule has 0 radical (unpaired) electrons. The largest absolute Gasteiger partial charge is 0.444 e. The third-order valence-corrected chi connectivity index (χ3v) is 2.84. The predicted octanol–water partition coefficient (Wildman–Crippen LogP) is 2.20. The Kier molecular flexibility index (Phi) is 2.91. The summed E-state index contributed by atoms with van der Waals surface area (Å²) in [5.41, 5.74) is 1.98. The van der Waals surface area contributed by atoms with Crippen LogP contribution in [-0.4, -0.2) is 19.6 Å². The molecule has 19 heavy (non-hydrogen) atoms. The number of hydrogen-bond donors (Lipinski definition) is 1. The number of pyridine rings is 1. The third-order valence-electron chi connectivity index (χ3n) is 2.84. The molecule has 3 aromatic heterocycles. The minimum atomic E-state index is 0.482. The van der Waals surface area contributed by atoms with E-state index in [0.717, 1.165) is 23.4 Å². The maximum Gasteiger partial charge on any atom is 0.243 e. The molecule has 0 spiro atoms. The molecule has 6 nitrogen and oxygen atoms in total. The van der Waals surface area contributed by atoms with Crippen LogP contribution in [0.2, 0.25) is 0 Å². The fraction of sp³-hybridized carbons (Fsp3) is 0.308. The highest BCUT2D eigenvalue weighted by Gasteiger charge is 2.06. The average molecular weight is 257 g/mol. The zero-order chi connectivity index (χ0) is 13.2. The summed E-state index contributed by atoms with van der Waals surface area (Å²) in [4.78, 5) is 8.57. The van der Waals surface area contributed by atoms with Crippen LogP contribution in [0, 0.1) is 6.92 Å². The van der Waals surface area contributed by atoms with Crippen LogP contribution in [0.15, 0.2) is 28.9 Å². The molecule has 1 N–H and O–H groups in total. The normalized spacial score (nSPS) is 11.1. The van der Waals surface area contributed by atoms with Gasteiger partial charge >= 0.3 is 0 Å². The van der Waals surface area contributed by atoms with Gasteiger partial charge in [-0.1, -0.05) is 6.92 Å². The Balaban J connectivity index is 1.74. The molecule has 0 aromatic carbocycles. The molecule has 98 valence electrons. The van der Waals surface area contributed by atoms with Gasteiger partial charge in [0.2, 0.25) is 11.8 Å². The van der Waals surface area contributed by atoms with Gasteiger partial charge in [0.15, 0.2) is 5.65 Å². The molecule has 0 atom stereocenters. The van der Waals surface area contributed by atoms with E-state index < -0.39 is 0 Å². The number of nitrogens with zero attached hydrogens (tertiary/aromatic N) is 4. The summed E-state index contributed by atoms with van der Waals surface area (Å²) in [6.45, 7) is 4.54. The standard InChI is InChI=1S/C13H15N5O/c1-3-10-7-14-12(19-10)8-15-13-16-11-6-9(2)4-5-18(11)17-13/h4-7H,3,8H2,1-2H3,(H,15,17). The van der Waals surface area contributed by atoms with Crippen molar-refractivity contribution in [2.24, 2.45) is 0 Å². The molecular weight excluding hydrogens is 242 g/mol. The number of aryl methyl sites for hydroxylation is 2. The van der Waals surface area contributed by atoms with Crippen molar-refractivity contribution in [2.45, 2.75) is 26.8 Å². The van der Waals surface area contributed by atoms with Gasteiger partial charge in [-0.05, 0) is 24.6 Å². The molecule has 3 aromatic rings. The highest BCUT2D eigenvalue weighted by atomic mass is 16.4. The van der Waals surface area contributed by atoms with Crippen molar-refractivity contribution in [3.05, 3.63) is 41.7 Å². The lowest BCUT2D eigenvalue weighted by Gasteiger charge is -1.96. The zero-order valence-electron chi connectivity index (χ0n) is 10.9. The third kappa shape index (κ3) is 2.42. The number of aromatic nitrogens is 4. The minimum Gasteiger partial charge on any atom is -0.444 e. The van der Waals surface area contributed by atoms with Gasteiger partial charge < -0.3 is 9.73 Å². The van der Waals surface area contributed by atoms with Crippen molar-refractivity contribution in [3.8, 4) is 0 Å². The summed E-state index contributed by atoms with van der Waals surface area (Å²) in [7, 11) is 0. The summed E-state index contributed by atoms with van der Waals surface area (Å²) in [6, 6.07) is 3.98. The number of fused-ring (bicyclic) bond motifs is 1. The molecule has 0 amide bonds. The monoisotopic (exact) mass is 257 g/mol. The van der Waals surface area contributed by atoms with Gasteiger partial charge in [-0.3, -0.25) is 0 Å². The number of rotatable bonds is 4. The molecule has 0 saturated heterocycles. The smallest absolute Gasteiger partial charge is 0.243 e. The number of nitrogens with one attached hydrogen (secondary N) is 1. The van der Waals surface area contributed by atoms with E-state index in [-0.39, 0.29) is 0 Å². The van der Waals surface area contributed by atoms with Gasteiger partial charge in [0.25, 0.3) is 0 Å². The first-order valence-corrected chi connectivity index (χ1v) is 6.25. The summed E-state index contributed by atoms with van der Waals surface area (Å²) >= 11 is 0. The predicted molar refractivity (Wildman–Crippen MR) is 70.9 cm³/mol. The fourth-order valence-corrected chi connectivity index (χ4v) is 1.81. The van der Waals surface area contributed by atoms with Crippen molar-refractivity contribution in [2.75, 3.05) is 5.32 Å². The first-order chi connectivity index (χ1) is 9.24. The summed E-state index contributed by atoms with van der Waals surface area (Å²) in [5.74, 6) is 2.10. The lowest BCUT2D eigenvalue weighted by Crippen LogP contribution is -2.01. The highest BCUT2D eigenvalue weighted by Crippen LogP contribution is 2.09. The van der Waals surface area contributed by atoms with Crippen LogP contribution in [0.25, 0.3) is 5.65 Å². The van der Waals surface area contributed by atoms with E-state index in [2.05, 4.69) is 20.4 Å². The molecule has 6 heteroatoms. The summed E-state index contributed by atoms with van der Waals surface area (Å²) < 4.78 is 7.25. The first-order valence-electron chi connectivity index (χ1n) is 6.25. The molecule has 0 aliphatic carbocycles. The Labute approximate surface area is 110 Å². The van der Waals surface area contributed by atoms with Gasteiger partial charge in [0.1, 0.15) is 5.76 Å². The topological polar surface area (TPSA) is 68.2 Å². The first kappa shape index (κ1) is 11.7. The lowest BCUT2D eigenvalue weighted by molar-refractivity contribution is 0.465. The molecular formula is C13H15N5O. The number of oxazole rings is 1. The number of anilines is 1. The second-order valence-corrected chi connectivity index (χ2v) is 4.37. The van der Waals surface area contributed by atoms with Crippen molar-refractivity contribution in [1.82, 2.24) is 19.6 Å². The van der Waals surface area contributed by atoms with Crippen LogP contribution in [0.5, 0.6) is 0 Å². The van der Waals surface area contributed by atoms with Crippen LogP contribution in [0.4, 0.5) is 5.95 Å². The van der Waals surface area contributed by atoms with Gasteiger partial charge in [-0.25, -0.2) is 9.50 Å². The molecule has 0 bridgehead atoms. The Hall–Kier alpha value is -2.37. The molecule has 0 aliphatic heterocycles. The second-order valence-electron chi connectivity index (χ2n) is 4.37. The van der Waals surface area contributed by atoms with E-state index in [1.165, 1.54) is 0 Å². The van der Waals surface area contributed by atoms with Crippen LogP contribution in [0.3, 0.4) is 0 Å². The molecule has 0 aliphatic rings. The molecule has 3 heterocycles. The van der Waals surface area contributed by atoms with E-state index >= 15 is 0 Å². The van der Waals surface area contributed by atoms with E-state index in [0.29, 0.717) is 18.4 Å². The fourth-order valence-electron chi connectivity index (χ4n) is 1.81. The van der Waals surface area contributed by atoms with Gasteiger partial charge in [0, 0.05) is 12.6 Å². The Bertz CT molecular complexity index is 700. The minimum absolute atomic E-state index is 0.482. The van der Waals surface area contributed by atoms with E-state index in [1.54, 1.807) is 10.7 Å². The molecule has 0 fully saturated rings. The van der Waals surface area contributed by atoms with Crippen molar-refractivity contribution in [1.29, 1.82) is 0 Å². The quantitative estimate of drug-likeness (QED) is 0.776. The summed E-state index contributed by atoms with van der Waals surface area (Å²) in [5, 5.41) is 7.43. The maximum absolute atomic E-state index is 5.51. The summed E-state index contributed by atoms with van der Waals surface area (Å²) in [6.07, 6.45) is 4.49. The van der Waals surface area contributed by atoms with Gasteiger partial charge in [-0.15, -0.1) is 5.10 Å². The van der Waals surface area contributed by atoms with Crippen LogP contribution < -0.4 is 5.32 Å². The maximum atomic E-state index is 5.51. The van der Waals surface area contributed by atoms with Crippen LogP contribution in [0.1, 0.15) is 24.1 Å². The van der Waals surface area contributed by atoms with E-state index in [9.17, 15) is 0 Å². The van der Waals surface area contributed by atoms with E-state index in [4.69, 9.17) is 4.42 Å². The van der Waals surface area contributed by atoms with Crippen molar-refractivity contribution < 1.29 is 4.42 Å². The lowest BCUT2D eigenvalue weighted by atomic mass is 10.3. The Morgan fingerprint density at radius 1 is 1.42 bits per heavy atom. The second kappa shape index (κ2) is 4.72. The van der Waals surface area contributed by atoms with E-state index in [1.807, 2.05) is 32.2 Å². The van der Waals surface area contributed by atoms with Gasteiger partial charge in [0.05, 0.1) is 12.7 Å². The zero-order valence-corrected chi connectivity index (χ0v) is 10.9. The Morgan fingerprint density at radius 2 is 2.32 bits per heavy atom. The van der Waals surface area contributed by atoms with Crippen LogP contribution >= 0.6 is 0 Å². The van der Waals surface area contributed by atoms with Crippen molar-refractivity contribution >= 4 is 11.6 Å². The molecule has 0 saturated carbocycles. The SMILES string of the molecule is CCc1cnc(CNc2nc3cc(C)ccn3n2)o1. The number of hydrogen-bond acceptors (Lipinski definition) is 5. The Morgan fingerprint density at radius 3 is 3.11 bits per heavy atom. The van der Waals surface area contributed by atoms with Crippen molar-refractivity contribution in [3.63, 3.8) is 0 Å². The molecule has 3 rings (SSSR count). The molecule has 0 unspecified atom stereocenters. The van der Waals surface area contributed by atoms with Gasteiger partial charge in [-0.2, -0.15) is 4.98 Å².